The number of nitrogens with zero attached hydrogens (tertiary/aromatic N) is 2. The molecule has 0 radical (unpaired) electrons. The van der Waals surface area contributed by atoms with Crippen molar-refractivity contribution in [1.82, 2.24) is 9.80 Å². The normalized spacial score (nSPS) is 13.8. The molecule has 1 aliphatic rings. The van der Waals surface area contributed by atoms with E-state index in [-0.39, 0.29) is 22.5 Å². The van der Waals surface area contributed by atoms with Gasteiger partial charge in [0.25, 0.3) is 0 Å². The van der Waals surface area contributed by atoms with Crippen LogP contribution in [0, 0.1) is 0 Å². The van der Waals surface area contributed by atoms with Crippen LogP contribution in [0.2, 0.25) is 5.02 Å². The van der Waals surface area contributed by atoms with Crippen molar-refractivity contribution in [3.63, 3.8) is 0 Å². The second kappa shape index (κ2) is 14.0. The van der Waals surface area contributed by atoms with E-state index in [1.807, 2.05) is 41.3 Å². The summed E-state index contributed by atoms with van der Waals surface area (Å²) < 4.78 is 10.3. The molecule has 1 N–H and O–H groups in total. The molecule has 7 nitrogen and oxygen atoms in total. The number of urea groups is 1. The van der Waals surface area contributed by atoms with Crippen LogP contribution in [-0.4, -0.2) is 74.8 Å². The van der Waals surface area contributed by atoms with E-state index in [1.54, 1.807) is 18.2 Å². The summed E-state index contributed by atoms with van der Waals surface area (Å²) in [5.41, 5.74) is 3.12. The molecule has 1 fully saturated rings. The molecule has 0 spiro atoms. The van der Waals surface area contributed by atoms with Crippen LogP contribution >= 0.6 is 11.6 Å². The van der Waals surface area contributed by atoms with Gasteiger partial charge in [-0.1, -0.05) is 72.3 Å². The Morgan fingerprint density at radius 3 is 2.21 bits per heavy atom. The summed E-state index contributed by atoms with van der Waals surface area (Å²) in [7, 11) is 1.30. The highest BCUT2D eigenvalue weighted by atomic mass is 35.5. The molecule has 1 aliphatic heterocycles. The van der Waals surface area contributed by atoms with Crippen molar-refractivity contribution >= 4 is 29.3 Å². The lowest BCUT2D eigenvalue weighted by Crippen LogP contribution is -2.44. The maximum atomic E-state index is 13.5. The Labute approximate surface area is 229 Å². The summed E-state index contributed by atoms with van der Waals surface area (Å²) in [6, 6.07) is 25.4. The Morgan fingerprint density at radius 2 is 1.61 bits per heavy atom. The third-order valence-corrected chi connectivity index (χ3v) is 7.12. The molecule has 4 rings (SSSR count). The van der Waals surface area contributed by atoms with E-state index < -0.39 is 5.97 Å². The lowest BCUT2D eigenvalue weighted by molar-refractivity contribution is 0.0351. The number of hydrogen-bond donors (Lipinski definition) is 1. The van der Waals surface area contributed by atoms with Gasteiger partial charge in [-0.15, -0.1) is 0 Å². The number of nitrogens with one attached hydrogen (secondary N) is 1. The van der Waals surface area contributed by atoms with Crippen molar-refractivity contribution < 1.29 is 19.1 Å². The first kappa shape index (κ1) is 27.6. The lowest BCUT2D eigenvalue weighted by Gasteiger charge is -2.31. The molecular weight excluding hydrogens is 502 g/mol. The molecule has 3 aromatic rings. The standard InChI is InChI=1S/C30H34ClN3O4/c1-37-29(35)27-22-25(12-13-28(27)31)32-30(36)34(17-16-33-18-20-38-21-19-33)15-14-26(23-8-4-2-5-9-23)24-10-6-3-7-11-24/h2-13,22,26H,14-21H2,1H3,(H,32,36). The first-order valence-corrected chi connectivity index (χ1v) is 13.3. The molecule has 1 saturated heterocycles. The number of rotatable bonds is 10. The molecular formula is C30H34ClN3O4. The molecule has 2 amide bonds. The summed E-state index contributed by atoms with van der Waals surface area (Å²) in [4.78, 5) is 29.8. The molecule has 200 valence electrons. The number of morpholine rings is 1. The van der Waals surface area contributed by atoms with Crippen LogP contribution < -0.4 is 5.32 Å². The number of benzene rings is 3. The number of amides is 2. The molecule has 0 bridgehead atoms. The molecule has 0 aliphatic carbocycles. The first-order valence-electron chi connectivity index (χ1n) is 12.9. The highest BCUT2D eigenvalue weighted by molar-refractivity contribution is 6.33. The zero-order chi connectivity index (χ0) is 26.7. The Morgan fingerprint density at radius 1 is 0.974 bits per heavy atom. The minimum absolute atomic E-state index is 0.151. The van der Waals surface area contributed by atoms with Crippen LogP contribution in [0.1, 0.15) is 33.8 Å². The molecule has 38 heavy (non-hydrogen) atoms. The van der Waals surface area contributed by atoms with Gasteiger partial charge in [0.2, 0.25) is 0 Å². The minimum Gasteiger partial charge on any atom is -0.465 e. The van der Waals surface area contributed by atoms with Gasteiger partial charge in [-0.3, -0.25) is 4.90 Å². The van der Waals surface area contributed by atoms with E-state index >= 15 is 0 Å². The van der Waals surface area contributed by atoms with Crippen molar-refractivity contribution in [2.24, 2.45) is 0 Å². The first-order chi connectivity index (χ1) is 18.5. The van der Waals surface area contributed by atoms with Crippen molar-refractivity contribution in [3.05, 3.63) is 101 Å². The second-order valence-electron chi connectivity index (χ2n) is 9.22. The Kier molecular flexibility index (Phi) is 10.1. The Balaban J connectivity index is 1.52. The van der Waals surface area contributed by atoms with Crippen LogP contribution in [0.25, 0.3) is 0 Å². The summed E-state index contributed by atoms with van der Waals surface area (Å²) in [5.74, 6) is -0.401. The van der Waals surface area contributed by atoms with E-state index in [2.05, 4.69) is 34.5 Å². The average Bonchev–Trinajstić information content (AvgIpc) is 2.97. The fourth-order valence-corrected chi connectivity index (χ4v) is 4.85. The quantitative estimate of drug-likeness (QED) is 0.346. The summed E-state index contributed by atoms with van der Waals surface area (Å²) in [6.07, 6.45) is 0.762. The van der Waals surface area contributed by atoms with Gasteiger partial charge in [0.15, 0.2) is 0 Å². The van der Waals surface area contributed by atoms with Gasteiger partial charge in [-0.05, 0) is 35.7 Å². The number of hydrogen-bond acceptors (Lipinski definition) is 5. The van der Waals surface area contributed by atoms with Gasteiger partial charge in [-0.25, -0.2) is 9.59 Å². The van der Waals surface area contributed by atoms with Gasteiger partial charge < -0.3 is 19.7 Å². The topological polar surface area (TPSA) is 71.1 Å². The summed E-state index contributed by atoms with van der Waals surface area (Å²) >= 11 is 6.17. The summed E-state index contributed by atoms with van der Waals surface area (Å²) in [5, 5.41) is 3.23. The lowest BCUT2D eigenvalue weighted by atomic mass is 9.88. The highest BCUT2D eigenvalue weighted by Gasteiger charge is 2.21. The number of carbonyl (C=O) groups is 2. The third kappa shape index (κ3) is 7.57. The van der Waals surface area contributed by atoms with Gasteiger partial charge in [0.1, 0.15) is 0 Å². The van der Waals surface area contributed by atoms with E-state index in [1.165, 1.54) is 18.2 Å². The van der Waals surface area contributed by atoms with E-state index in [4.69, 9.17) is 21.1 Å². The molecule has 8 heteroatoms. The SMILES string of the molecule is COC(=O)c1cc(NC(=O)N(CCC(c2ccccc2)c2ccccc2)CCN2CCOCC2)ccc1Cl. The van der Waals surface area contributed by atoms with Crippen LogP contribution in [0.3, 0.4) is 0 Å². The molecule has 0 saturated carbocycles. The average molecular weight is 536 g/mol. The van der Waals surface area contributed by atoms with Gasteiger partial charge in [0, 0.05) is 44.3 Å². The fraction of sp³-hybridized carbons (Fsp3) is 0.333. The van der Waals surface area contributed by atoms with Crippen molar-refractivity contribution in [2.45, 2.75) is 12.3 Å². The zero-order valence-electron chi connectivity index (χ0n) is 21.6. The fourth-order valence-electron chi connectivity index (χ4n) is 4.66. The number of esters is 1. The van der Waals surface area contributed by atoms with E-state index in [0.717, 1.165) is 26.1 Å². The number of anilines is 1. The van der Waals surface area contributed by atoms with Crippen LogP contribution in [0.4, 0.5) is 10.5 Å². The number of ether oxygens (including phenoxy) is 2. The zero-order valence-corrected chi connectivity index (χ0v) is 22.4. The third-order valence-electron chi connectivity index (χ3n) is 6.79. The van der Waals surface area contributed by atoms with E-state index in [0.29, 0.717) is 32.0 Å². The maximum absolute atomic E-state index is 13.5. The molecule has 3 aromatic carbocycles. The van der Waals surface area contributed by atoms with Crippen molar-refractivity contribution in [2.75, 3.05) is 58.4 Å². The maximum Gasteiger partial charge on any atom is 0.339 e. The predicted molar refractivity (Wildman–Crippen MR) is 150 cm³/mol. The number of methoxy groups -OCH3 is 1. The molecule has 0 unspecified atom stereocenters. The van der Waals surface area contributed by atoms with Gasteiger partial charge >= 0.3 is 12.0 Å². The van der Waals surface area contributed by atoms with Crippen molar-refractivity contribution in [3.8, 4) is 0 Å². The van der Waals surface area contributed by atoms with Gasteiger partial charge in [-0.2, -0.15) is 0 Å². The van der Waals surface area contributed by atoms with Crippen LogP contribution in [-0.2, 0) is 9.47 Å². The predicted octanol–water partition coefficient (Wildman–Crippen LogP) is 5.51. The van der Waals surface area contributed by atoms with Crippen LogP contribution in [0.5, 0.6) is 0 Å². The van der Waals surface area contributed by atoms with Crippen LogP contribution in [0.15, 0.2) is 78.9 Å². The number of carbonyl (C=O) groups excluding carboxylic acids is 2. The number of halogens is 1. The van der Waals surface area contributed by atoms with E-state index in [9.17, 15) is 9.59 Å². The Hall–Kier alpha value is -3.39. The molecule has 1 heterocycles. The second-order valence-corrected chi connectivity index (χ2v) is 9.63. The molecule has 0 aromatic heterocycles. The Bertz CT molecular complexity index is 1150. The largest absolute Gasteiger partial charge is 0.465 e. The van der Waals surface area contributed by atoms with Gasteiger partial charge in [0.05, 0.1) is 30.9 Å². The molecule has 0 atom stereocenters. The monoisotopic (exact) mass is 535 g/mol. The summed E-state index contributed by atoms with van der Waals surface area (Å²) in [6.45, 7) is 5.00. The van der Waals surface area contributed by atoms with Crippen molar-refractivity contribution in [1.29, 1.82) is 0 Å². The highest BCUT2D eigenvalue weighted by Crippen LogP contribution is 2.28. The minimum atomic E-state index is -0.552. The smallest absolute Gasteiger partial charge is 0.339 e.